The van der Waals surface area contributed by atoms with Gasteiger partial charge < -0.3 is 5.32 Å². The summed E-state index contributed by atoms with van der Waals surface area (Å²) >= 11 is 1.29. The highest BCUT2D eigenvalue weighted by Gasteiger charge is 2.32. The van der Waals surface area contributed by atoms with E-state index >= 15 is 0 Å². The molecule has 1 saturated heterocycles. The Kier molecular flexibility index (Phi) is 5.91. The van der Waals surface area contributed by atoms with Gasteiger partial charge in [-0.25, -0.2) is 4.72 Å². The molecule has 0 aromatic carbocycles. The minimum absolute atomic E-state index is 0.00904. The molecule has 9 heteroatoms. The van der Waals surface area contributed by atoms with Gasteiger partial charge in [0.15, 0.2) is 0 Å². The van der Waals surface area contributed by atoms with Crippen molar-refractivity contribution in [3.05, 3.63) is 5.01 Å². The zero-order chi connectivity index (χ0) is 15.3. The molecule has 0 bridgehead atoms. The van der Waals surface area contributed by atoms with Crippen LogP contribution >= 0.6 is 11.3 Å². The third-order valence-electron chi connectivity index (χ3n) is 3.50. The molecule has 1 atom stereocenters. The fourth-order valence-corrected chi connectivity index (χ4v) is 4.75. The molecule has 0 saturated carbocycles. The van der Waals surface area contributed by atoms with Gasteiger partial charge in [0.25, 0.3) is 0 Å². The van der Waals surface area contributed by atoms with Gasteiger partial charge in [-0.05, 0) is 25.8 Å². The quantitative estimate of drug-likeness (QED) is 0.783. The van der Waals surface area contributed by atoms with Crippen molar-refractivity contribution < 1.29 is 8.42 Å². The largest absolute Gasteiger partial charge is 0.315 e. The van der Waals surface area contributed by atoms with Crippen molar-refractivity contribution >= 4 is 26.7 Å². The fraction of sp³-hybridized carbons (Fsp3) is 0.833. The predicted molar refractivity (Wildman–Crippen MR) is 84.7 cm³/mol. The van der Waals surface area contributed by atoms with Crippen molar-refractivity contribution in [3.8, 4) is 0 Å². The van der Waals surface area contributed by atoms with Crippen LogP contribution in [0, 0.1) is 0 Å². The summed E-state index contributed by atoms with van der Waals surface area (Å²) in [6, 6.07) is 0.00904. The minimum atomic E-state index is -3.56. The number of nitrogens with zero attached hydrogens (tertiary/aromatic N) is 3. The van der Waals surface area contributed by atoms with Crippen LogP contribution in [0.4, 0.5) is 5.13 Å². The number of rotatable bonds is 7. The van der Waals surface area contributed by atoms with E-state index in [0.29, 0.717) is 18.2 Å². The van der Waals surface area contributed by atoms with Crippen LogP contribution in [-0.4, -0.2) is 48.6 Å². The van der Waals surface area contributed by atoms with E-state index in [0.717, 1.165) is 37.2 Å². The molecule has 1 aliphatic rings. The van der Waals surface area contributed by atoms with Crippen molar-refractivity contribution in [2.24, 2.45) is 0 Å². The summed E-state index contributed by atoms with van der Waals surface area (Å²) in [5.41, 5.74) is 0. The Hall–Kier alpha value is -0.770. The van der Waals surface area contributed by atoms with E-state index in [4.69, 9.17) is 0 Å². The van der Waals surface area contributed by atoms with Crippen LogP contribution in [0.5, 0.6) is 0 Å². The SMILES string of the molecule is CCNCC1CCCCN1S(=O)(=O)Nc1nnc(CC)s1. The molecular weight excluding hydrogens is 310 g/mol. The van der Waals surface area contributed by atoms with E-state index in [1.165, 1.54) is 11.3 Å². The van der Waals surface area contributed by atoms with Crippen molar-refractivity contribution in [2.75, 3.05) is 24.4 Å². The Balaban J connectivity index is 2.08. The van der Waals surface area contributed by atoms with Gasteiger partial charge in [-0.1, -0.05) is 31.6 Å². The number of aryl methyl sites for hydroxylation is 1. The molecule has 0 aliphatic carbocycles. The summed E-state index contributed by atoms with van der Waals surface area (Å²) in [6.07, 6.45) is 3.62. The average Bonchev–Trinajstić information content (AvgIpc) is 2.92. The lowest BCUT2D eigenvalue weighted by Crippen LogP contribution is -2.50. The maximum Gasteiger partial charge on any atom is 0.303 e. The number of nitrogens with one attached hydrogen (secondary N) is 2. The Morgan fingerprint density at radius 1 is 1.33 bits per heavy atom. The maximum atomic E-state index is 12.6. The van der Waals surface area contributed by atoms with Gasteiger partial charge in [-0.15, -0.1) is 10.2 Å². The third-order valence-corrected chi connectivity index (χ3v) is 6.16. The number of hydrogen-bond donors (Lipinski definition) is 2. The first-order valence-electron chi connectivity index (χ1n) is 7.39. The van der Waals surface area contributed by atoms with E-state index in [-0.39, 0.29) is 6.04 Å². The molecule has 120 valence electrons. The van der Waals surface area contributed by atoms with Gasteiger partial charge in [-0.3, -0.25) is 0 Å². The van der Waals surface area contributed by atoms with Gasteiger partial charge >= 0.3 is 10.2 Å². The van der Waals surface area contributed by atoms with Crippen molar-refractivity contribution in [1.29, 1.82) is 0 Å². The van der Waals surface area contributed by atoms with Crippen LogP contribution in [0.3, 0.4) is 0 Å². The van der Waals surface area contributed by atoms with Crippen LogP contribution in [0.15, 0.2) is 0 Å². The molecule has 0 spiro atoms. The van der Waals surface area contributed by atoms with Gasteiger partial charge in [0.05, 0.1) is 0 Å². The molecule has 1 unspecified atom stereocenters. The van der Waals surface area contributed by atoms with Crippen LogP contribution in [-0.2, 0) is 16.6 Å². The molecule has 0 radical (unpaired) electrons. The number of hydrogen-bond acceptors (Lipinski definition) is 6. The van der Waals surface area contributed by atoms with Gasteiger partial charge in [0.2, 0.25) is 5.13 Å². The van der Waals surface area contributed by atoms with Crippen LogP contribution < -0.4 is 10.0 Å². The molecule has 21 heavy (non-hydrogen) atoms. The molecule has 1 aliphatic heterocycles. The monoisotopic (exact) mass is 333 g/mol. The molecule has 1 aromatic rings. The Morgan fingerprint density at radius 3 is 2.81 bits per heavy atom. The molecule has 0 amide bonds. The van der Waals surface area contributed by atoms with Crippen molar-refractivity contribution in [2.45, 2.75) is 45.6 Å². The van der Waals surface area contributed by atoms with E-state index in [1.54, 1.807) is 4.31 Å². The first kappa shape index (κ1) is 16.6. The summed E-state index contributed by atoms with van der Waals surface area (Å²) in [7, 11) is -3.56. The van der Waals surface area contributed by atoms with E-state index in [2.05, 4.69) is 20.2 Å². The third kappa shape index (κ3) is 4.35. The molecular formula is C12H23N5O2S2. The number of piperidine rings is 1. The fourth-order valence-electron chi connectivity index (χ4n) is 2.41. The standard InChI is InChI=1S/C12H23N5O2S2/c1-3-11-14-15-12(20-11)16-21(18,19)17-8-6-5-7-10(17)9-13-4-2/h10,13H,3-9H2,1-2H3,(H,15,16). The van der Waals surface area contributed by atoms with Crippen LogP contribution in [0.25, 0.3) is 0 Å². The Labute approximate surface area is 130 Å². The van der Waals surface area contributed by atoms with E-state index < -0.39 is 10.2 Å². The summed E-state index contributed by atoms with van der Waals surface area (Å²) in [4.78, 5) is 0. The lowest BCUT2D eigenvalue weighted by atomic mass is 10.1. The second-order valence-electron chi connectivity index (χ2n) is 5.03. The normalized spacial score (nSPS) is 20.6. The maximum absolute atomic E-state index is 12.6. The average molecular weight is 333 g/mol. The highest BCUT2D eigenvalue weighted by Crippen LogP contribution is 2.23. The topological polar surface area (TPSA) is 87.2 Å². The number of anilines is 1. The summed E-state index contributed by atoms with van der Waals surface area (Å²) < 4.78 is 29.2. The lowest BCUT2D eigenvalue weighted by Gasteiger charge is -2.34. The molecule has 2 N–H and O–H groups in total. The Bertz CT molecular complexity index is 546. The van der Waals surface area contributed by atoms with Gasteiger partial charge in [-0.2, -0.15) is 12.7 Å². The lowest BCUT2D eigenvalue weighted by molar-refractivity contribution is 0.248. The zero-order valence-electron chi connectivity index (χ0n) is 12.5. The van der Waals surface area contributed by atoms with Crippen molar-refractivity contribution in [1.82, 2.24) is 19.8 Å². The Morgan fingerprint density at radius 2 is 2.14 bits per heavy atom. The predicted octanol–water partition coefficient (Wildman–Crippen LogP) is 1.22. The van der Waals surface area contributed by atoms with E-state index in [9.17, 15) is 8.42 Å². The highest BCUT2D eigenvalue weighted by molar-refractivity contribution is 7.90. The molecule has 2 heterocycles. The molecule has 7 nitrogen and oxygen atoms in total. The zero-order valence-corrected chi connectivity index (χ0v) is 14.1. The molecule has 1 aromatic heterocycles. The summed E-state index contributed by atoms with van der Waals surface area (Å²) in [5, 5.41) is 12.2. The number of aromatic nitrogens is 2. The first-order chi connectivity index (χ1) is 10.1. The number of likely N-dealkylation sites (N-methyl/N-ethyl adjacent to an activating group) is 1. The van der Waals surface area contributed by atoms with Crippen molar-refractivity contribution in [3.63, 3.8) is 0 Å². The van der Waals surface area contributed by atoms with Crippen LogP contribution in [0.2, 0.25) is 0 Å². The minimum Gasteiger partial charge on any atom is -0.315 e. The van der Waals surface area contributed by atoms with Gasteiger partial charge in [0.1, 0.15) is 5.01 Å². The second kappa shape index (κ2) is 7.48. The smallest absolute Gasteiger partial charge is 0.303 e. The molecule has 1 fully saturated rings. The van der Waals surface area contributed by atoms with Crippen LogP contribution in [0.1, 0.15) is 38.1 Å². The summed E-state index contributed by atoms with van der Waals surface area (Å²) in [5.74, 6) is 0. The highest BCUT2D eigenvalue weighted by atomic mass is 32.2. The second-order valence-corrected chi connectivity index (χ2v) is 7.71. The summed E-state index contributed by atoms with van der Waals surface area (Å²) in [6.45, 7) is 6.08. The molecule has 2 rings (SSSR count). The van der Waals surface area contributed by atoms with Gasteiger partial charge in [0, 0.05) is 19.1 Å². The first-order valence-corrected chi connectivity index (χ1v) is 9.65. The van der Waals surface area contributed by atoms with E-state index in [1.807, 2.05) is 13.8 Å².